The zero-order chi connectivity index (χ0) is 13.3. The molecule has 92 valence electrons. The van der Waals surface area contributed by atoms with Crippen LogP contribution >= 0.6 is 0 Å². The molecule has 0 spiro atoms. The van der Waals surface area contributed by atoms with Crippen LogP contribution in [0.25, 0.3) is 0 Å². The maximum absolute atomic E-state index is 10.8. The van der Waals surface area contributed by atoms with Gasteiger partial charge in [0.05, 0.1) is 4.92 Å². The molecule has 0 fully saturated rings. The van der Waals surface area contributed by atoms with Gasteiger partial charge in [-0.05, 0) is 5.92 Å². The first-order chi connectivity index (χ1) is 7.77. The van der Waals surface area contributed by atoms with Crippen molar-refractivity contribution in [2.75, 3.05) is 0 Å². The van der Waals surface area contributed by atoms with Gasteiger partial charge < -0.3 is 15.3 Å². The van der Waals surface area contributed by atoms with E-state index in [1.54, 1.807) is 13.8 Å². The lowest BCUT2D eigenvalue weighted by Crippen LogP contribution is -2.04. The van der Waals surface area contributed by atoms with Gasteiger partial charge in [-0.3, -0.25) is 10.1 Å². The molecule has 3 N–H and O–H groups in total. The Morgan fingerprint density at radius 1 is 1.35 bits per heavy atom. The fraction of sp³-hybridized carbons (Fsp3) is 0.300. The first-order valence-corrected chi connectivity index (χ1v) is 4.73. The van der Waals surface area contributed by atoms with E-state index in [0.717, 1.165) is 6.07 Å². The van der Waals surface area contributed by atoms with Crippen LogP contribution < -0.4 is 0 Å². The smallest absolute Gasteiger partial charge is 0.343 e. The summed E-state index contributed by atoms with van der Waals surface area (Å²) in [5.74, 6) is -3.61. The molecule has 1 aromatic carbocycles. The molecule has 0 aromatic heterocycles. The summed E-state index contributed by atoms with van der Waals surface area (Å²) in [5.41, 5.74) is -1.47. The van der Waals surface area contributed by atoms with Crippen LogP contribution in [0.5, 0.6) is 11.5 Å². The summed E-state index contributed by atoms with van der Waals surface area (Å²) in [6.45, 7) is 3.28. The Labute approximate surface area is 96.1 Å². The highest BCUT2D eigenvalue weighted by atomic mass is 16.6. The maximum Gasteiger partial charge on any atom is 0.343 e. The van der Waals surface area contributed by atoms with Gasteiger partial charge >= 0.3 is 11.7 Å². The number of hydrogen-bond donors (Lipinski definition) is 3. The average molecular weight is 241 g/mol. The molecule has 0 amide bonds. The number of nitro benzene ring substituents is 1. The number of rotatable bonds is 3. The number of aromatic hydroxyl groups is 2. The monoisotopic (exact) mass is 241 g/mol. The van der Waals surface area contributed by atoms with Crippen molar-refractivity contribution in [2.45, 2.75) is 19.8 Å². The fourth-order valence-electron chi connectivity index (χ4n) is 1.45. The number of nitro groups is 1. The molecular weight excluding hydrogens is 230 g/mol. The zero-order valence-corrected chi connectivity index (χ0v) is 9.17. The van der Waals surface area contributed by atoms with Crippen molar-refractivity contribution in [1.82, 2.24) is 0 Å². The van der Waals surface area contributed by atoms with Crippen LogP contribution in [0.1, 0.15) is 35.7 Å². The second kappa shape index (κ2) is 4.28. The van der Waals surface area contributed by atoms with Gasteiger partial charge in [0, 0.05) is 11.6 Å². The molecule has 0 aliphatic heterocycles. The second-order valence-corrected chi connectivity index (χ2v) is 3.77. The fourth-order valence-corrected chi connectivity index (χ4v) is 1.45. The Bertz CT molecular complexity index is 494. The van der Waals surface area contributed by atoms with Crippen LogP contribution in [0.2, 0.25) is 0 Å². The van der Waals surface area contributed by atoms with Crippen LogP contribution in [0.15, 0.2) is 6.07 Å². The molecule has 0 saturated heterocycles. The Balaban J connectivity index is 3.69. The van der Waals surface area contributed by atoms with Gasteiger partial charge in [-0.2, -0.15) is 0 Å². The second-order valence-electron chi connectivity index (χ2n) is 3.77. The van der Waals surface area contributed by atoms with Crippen molar-refractivity contribution >= 4 is 11.7 Å². The lowest BCUT2D eigenvalue weighted by atomic mass is 9.97. The van der Waals surface area contributed by atoms with E-state index < -0.39 is 33.6 Å². The van der Waals surface area contributed by atoms with Crippen LogP contribution in [0.3, 0.4) is 0 Å². The Morgan fingerprint density at radius 3 is 2.24 bits per heavy atom. The molecular formula is C10H11NO6. The molecule has 0 aliphatic carbocycles. The number of nitrogens with zero attached hydrogens (tertiary/aromatic N) is 1. The molecule has 7 heteroatoms. The highest BCUT2D eigenvalue weighted by Gasteiger charge is 2.28. The van der Waals surface area contributed by atoms with Gasteiger partial charge in [0.25, 0.3) is 0 Å². The van der Waals surface area contributed by atoms with Crippen molar-refractivity contribution in [3.63, 3.8) is 0 Å². The molecule has 17 heavy (non-hydrogen) atoms. The number of phenols is 2. The number of carbonyl (C=O) groups is 1. The predicted octanol–water partition coefficient (Wildman–Crippen LogP) is 1.83. The van der Waals surface area contributed by atoms with Crippen molar-refractivity contribution in [2.24, 2.45) is 0 Å². The summed E-state index contributed by atoms with van der Waals surface area (Å²) < 4.78 is 0. The number of benzene rings is 1. The van der Waals surface area contributed by atoms with Crippen LogP contribution in [0, 0.1) is 10.1 Å². The Kier molecular flexibility index (Phi) is 3.21. The van der Waals surface area contributed by atoms with E-state index in [4.69, 9.17) is 5.11 Å². The minimum atomic E-state index is -1.62. The Hall–Kier alpha value is -2.31. The maximum atomic E-state index is 10.8. The zero-order valence-electron chi connectivity index (χ0n) is 9.17. The largest absolute Gasteiger partial charge is 0.507 e. The molecule has 0 heterocycles. The van der Waals surface area contributed by atoms with Gasteiger partial charge in [-0.15, -0.1) is 0 Å². The van der Waals surface area contributed by atoms with E-state index >= 15 is 0 Å². The van der Waals surface area contributed by atoms with E-state index in [2.05, 4.69) is 0 Å². The predicted molar refractivity (Wildman–Crippen MR) is 57.5 cm³/mol. The highest BCUT2D eigenvalue weighted by Crippen LogP contribution is 2.41. The molecule has 1 rings (SSSR count). The molecule has 0 bridgehead atoms. The minimum Gasteiger partial charge on any atom is -0.507 e. The van der Waals surface area contributed by atoms with E-state index in [-0.39, 0.29) is 11.5 Å². The minimum absolute atomic E-state index is 0.104. The van der Waals surface area contributed by atoms with E-state index in [9.17, 15) is 25.1 Å². The summed E-state index contributed by atoms with van der Waals surface area (Å²) >= 11 is 0. The topological polar surface area (TPSA) is 121 Å². The van der Waals surface area contributed by atoms with Gasteiger partial charge in [0.15, 0.2) is 5.56 Å². The summed E-state index contributed by atoms with van der Waals surface area (Å²) in [5, 5.41) is 38.6. The number of hydrogen-bond acceptors (Lipinski definition) is 5. The van der Waals surface area contributed by atoms with Crippen molar-refractivity contribution in [1.29, 1.82) is 0 Å². The summed E-state index contributed by atoms with van der Waals surface area (Å²) in [7, 11) is 0. The van der Waals surface area contributed by atoms with Gasteiger partial charge in [-0.1, -0.05) is 13.8 Å². The van der Waals surface area contributed by atoms with Crippen molar-refractivity contribution in [3.8, 4) is 11.5 Å². The van der Waals surface area contributed by atoms with Gasteiger partial charge in [0.2, 0.25) is 5.75 Å². The third-order valence-electron chi connectivity index (χ3n) is 2.31. The quantitative estimate of drug-likeness (QED) is 0.548. The molecule has 0 saturated carbocycles. The first kappa shape index (κ1) is 12.8. The van der Waals surface area contributed by atoms with Crippen LogP contribution in [-0.2, 0) is 0 Å². The van der Waals surface area contributed by atoms with E-state index in [1.807, 2.05) is 0 Å². The summed E-state index contributed by atoms with van der Waals surface area (Å²) in [6.07, 6.45) is 0. The normalized spacial score (nSPS) is 10.5. The lowest BCUT2D eigenvalue weighted by molar-refractivity contribution is -0.386. The third kappa shape index (κ3) is 2.12. The molecule has 0 atom stereocenters. The van der Waals surface area contributed by atoms with E-state index in [1.165, 1.54) is 0 Å². The summed E-state index contributed by atoms with van der Waals surface area (Å²) in [4.78, 5) is 20.6. The molecule has 0 aliphatic rings. The highest BCUT2D eigenvalue weighted by molar-refractivity contribution is 5.96. The van der Waals surface area contributed by atoms with Crippen LogP contribution in [0.4, 0.5) is 5.69 Å². The van der Waals surface area contributed by atoms with Crippen molar-refractivity contribution < 1.29 is 25.0 Å². The standard InChI is InChI=1S/C10H11NO6/c1-4(2)5-3-6(11(16)17)9(13)7(8(5)12)10(14)15/h3-4,12-13H,1-2H3,(H,14,15). The van der Waals surface area contributed by atoms with Gasteiger partial charge in [0.1, 0.15) is 5.75 Å². The molecule has 7 nitrogen and oxygen atoms in total. The third-order valence-corrected chi connectivity index (χ3v) is 2.31. The van der Waals surface area contributed by atoms with Gasteiger partial charge in [-0.25, -0.2) is 4.79 Å². The number of carboxylic acids is 1. The summed E-state index contributed by atoms with van der Waals surface area (Å²) in [6, 6.07) is 0.974. The Morgan fingerprint density at radius 2 is 1.88 bits per heavy atom. The SMILES string of the molecule is CC(C)c1cc([N+](=O)[O-])c(O)c(C(=O)O)c1O. The first-order valence-electron chi connectivity index (χ1n) is 4.73. The van der Waals surface area contributed by atoms with E-state index in [0.29, 0.717) is 0 Å². The molecule has 1 aromatic rings. The number of carboxylic acid groups (broad SMARTS) is 1. The molecule has 0 unspecified atom stereocenters. The van der Waals surface area contributed by atoms with Crippen molar-refractivity contribution in [3.05, 3.63) is 27.3 Å². The van der Waals surface area contributed by atoms with Crippen LogP contribution in [-0.4, -0.2) is 26.2 Å². The number of aromatic carboxylic acids is 1. The average Bonchev–Trinajstić information content (AvgIpc) is 2.15. The lowest BCUT2D eigenvalue weighted by Gasteiger charge is -2.11. The molecule has 0 radical (unpaired) electrons.